The lowest BCUT2D eigenvalue weighted by Crippen LogP contribution is -2.27. The fourth-order valence-corrected chi connectivity index (χ4v) is 1.70. The molecule has 0 aliphatic heterocycles. The van der Waals surface area contributed by atoms with Gasteiger partial charge in [0.1, 0.15) is 11.4 Å². The van der Waals surface area contributed by atoms with E-state index in [0.717, 1.165) is 0 Å². The van der Waals surface area contributed by atoms with Crippen LogP contribution in [0.2, 0.25) is 0 Å². The van der Waals surface area contributed by atoms with Crippen LogP contribution in [0.25, 0.3) is 0 Å². The summed E-state index contributed by atoms with van der Waals surface area (Å²) in [4.78, 5) is 11.1. The molecule has 0 aliphatic rings. The zero-order valence-electron chi connectivity index (χ0n) is 10.9. The van der Waals surface area contributed by atoms with Crippen molar-refractivity contribution in [1.29, 1.82) is 0 Å². The van der Waals surface area contributed by atoms with E-state index in [1.807, 2.05) is 0 Å². The van der Waals surface area contributed by atoms with Crippen LogP contribution in [0, 0.1) is 0 Å². The van der Waals surface area contributed by atoms with Crippen molar-refractivity contribution in [3.8, 4) is 5.75 Å². The molecule has 7 heteroatoms. The molecule has 0 aromatic heterocycles. The monoisotopic (exact) mass is 288 g/mol. The first-order chi connectivity index (χ1) is 8.58. The maximum atomic E-state index is 11.4. The molecule has 0 radical (unpaired) electrons. The molecule has 0 amide bonds. The summed E-state index contributed by atoms with van der Waals surface area (Å²) in [6.45, 7) is 4.95. The minimum absolute atomic E-state index is 0.239. The SMILES string of the molecule is CC(C)(C)OC(=O)COc1ccc(S(=O)(=O)O)cc1. The largest absolute Gasteiger partial charge is 0.482 e. The molecule has 0 fully saturated rings. The van der Waals surface area contributed by atoms with Gasteiger partial charge in [0.15, 0.2) is 6.61 Å². The normalized spacial score (nSPS) is 12.0. The van der Waals surface area contributed by atoms with Crippen molar-refractivity contribution in [1.82, 2.24) is 0 Å². The second kappa shape index (κ2) is 5.58. The van der Waals surface area contributed by atoms with Crippen molar-refractivity contribution in [2.45, 2.75) is 31.3 Å². The molecule has 106 valence electrons. The third kappa shape index (κ3) is 5.71. The third-order valence-corrected chi connectivity index (χ3v) is 2.77. The number of hydrogen-bond donors (Lipinski definition) is 1. The lowest BCUT2D eigenvalue weighted by molar-refractivity contribution is -0.157. The lowest BCUT2D eigenvalue weighted by atomic mass is 10.2. The van der Waals surface area contributed by atoms with Crippen LogP contribution >= 0.6 is 0 Å². The van der Waals surface area contributed by atoms with Crippen LogP contribution in [-0.4, -0.2) is 31.1 Å². The Kier molecular flexibility index (Phi) is 4.54. The van der Waals surface area contributed by atoms with Gasteiger partial charge in [0.05, 0.1) is 4.90 Å². The Bertz CT molecular complexity index is 539. The van der Waals surface area contributed by atoms with Crippen LogP contribution in [0.15, 0.2) is 29.2 Å². The van der Waals surface area contributed by atoms with E-state index < -0.39 is 21.7 Å². The fraction of sp³-hybridized carbons (Fsp3) is 0.417. The van der Waals surface area contributed by atoms with E-state index >= 15 is 0 Å². The molecule has 6 nitrogen and oxygen atoms in total. The second-order valence-electron chi connectivity index (χ2n) is 4.82. The summed E-state index contributed by atoms with van der Waals surface area (Å²) >= 11 is 0. The van der Waals surface area contributed by atoms with Crippen molar-refractivity contribution in [2.24, 2.45) is 0 Å². The molecule has 0 saturated carbocycles. The molecular formula is C12H16O6S. The minimum Gasteiger partial charge on any atom is -0.482 e. The molecule has 1 aromatic carbocycles. The van der Waals surface area contributed by atoms with Gasteiger partial charge in [0, 0.05) is 0 Å². The van der Waals surface area contributed by atoms with Gasteiger partial charge in [-0.25, -0.2) is 4.79 Å². The molecule has 1 aromatic rings. The van der Waals surface area contributed by atoms with E-state index in [1.54, 1.807) is 20.8 Å². The molecule has 0 aliphatic carbocycles. The number of rotatable bonds is 4. The predicted octanol–water partition coefficient (Wildman–Crippen LogP) is 1.65. The summed E-state index contributed by atoms with van der Waals surface area (Å²) in [5.74, 6) is -0.218. The van der Waals surface area contributed by atoms with Crippen LogP contribution in [0.1, 0.15) is 20.8 Å². The minimum atomic E-state index is -4.22. The molecular weight excluding hydrogens is 272 g/mol. The number of carbonyl (C=O) groups is 1. The topological polar surface area (TPSA) is 89.9 Å². The molecule has 0 saturated heterocycles. The van der Waals surface area contributed by atoms with Crippen LogP contribution in [0.4, 0.5) is 0 Å². The van der Waals surface area contributed by atoms with Crippen LogP contribution in [0.5, 0.6) is 5.75 Å². The van der Waals surface area contributed by atoms with Crippen LogP contribution in [-0.2, 0) is 19.6 Å². The van der Waals surface area contributed by atoms with E-state index in [9.17, 15) is 13.2 Å². The summed E-state index contributed by atoms with van der Waals surface area (Å²) in [6, 6.07) is 5.04. The van der Waals surface area contributed by atoms with Gasteiger partial charge in [-0.15, -0.1) is 0 Å². The van der Waals surface area contributed by atoms with Gasteiger partial charge in [-0.3, -0.25) is 4.55 Å². The Balaban J connectivity index is 2.58. The number of benzene rings is 1. The first kappa shape index (κ1) is 15.5. The van der Waals surface area contributed by atoms with E-state index in [-0.39, 0.29) is 11.5 Å². The van der Waals surface area contributed by atoms with E-state index in [4.69, 9.17) is 14.0 Å². The zero-order chi connectivity index (χ0) is 14.7. The summed E-state index contributed by atoms with van der Waals surface area (Å²) in [7, 11) is -4.22. The van der Waals surface area contributed by atoms with E-state index in [1.165, 1.54) is 24.3 Å². The van der Waals surface area contributed by atoms with E-state index in [0.29, 0.717) is 5.75 Å². The van der Waals surface area contributed by atoms with Crippen molar-refractivity contribution >= 4 is 16.1 Å². The van der Waals surface area contributed by atoms with Crippen LogP contribution < -0.4 is 4.74 Å². The summed E-state index contributed by atoms with van der Waals surface area (Å²) in [5.41, 5.74) is -0.588. The van der Waals surface area contributed by atoms with Gasteiger partial charge in [-0.05, 0) is 45.0 Å². The van der Waals surface area contributed by atoms with Gasteiger partial charge in [0.2, 0.25) is 0 Å². The Morgan fingerprint density at radius 3 is 2.16 bits per heavy atom. The second-order valence-corrected chi connectivity index (χ2v) is 6.24. The number of carbonyl (C=O) groups excluding carboxylic acids is 1. The summed E-state index contributed by atoms with van der Waals surface area (Å²) < 4.78 is 40.6. The Labute approximate surface area is 112 Å². The average molecular weight is 288 g/mol. The summed E-state index contributed by atoms with van der Waals surface area (Å²) in [5, 5.41) is 0. The van der Waals surface area contributed by atoms with Gasteiger partial charge in [-0.2, -0.15) is 8.42 Å². The van der Waals surface area contributed by atoms with Crippen molar-refractivity contribution in [2.75, 3.05) is 6.61 Å². The molecule has 0 bridgehead atoms. The highest BCUT2D eigenvalue weighted by atomic mass is 32.2. The highest BCUT2D eigenvalue weighted by molar-refractivity contribution is 7.85. The molecule has 0 unspecified atom stereocenters. The fourth-order valence-electron chi connectivity index (χ4n) is 1.22. The molecule has 0 spiro atoms. The Hall–Kier alpha value is -1.60. The molecule has 0 atom stereocenters. The maximum Gasteiger partial charge on any atom is 0.344 e. The van der Waals surface area contributed by atoms with Gasteiger partial charge in [0.25, 0.3) is 10.1 Å². The first-order valence-corrected chi connectivity index (χ1v) is 6.94. The number of hydrogen-bond acceptors (Lipinski definition) is 5. The Morgan fingerprint density at radius 1 is 1.21 bits per heavy atom. The van der Waals surface area contributed by atoms with Gasteiger partial charge in [-0.1, -0.05) is 0 Å². The maximum absolute atomic E-state index is 11.4. The molecule has 1 N–H and O–H groups in total. The van der Waals surface area contributed by atoms with Gasteiger partial charge < -0.3 is 9.47 Å². The van der Waals surface area contributed by atoms with Crippen molar-refractivity contribution in [3.05, 3.63) is 24.3 Å². The zero-order valence-corrected chi connectivity index (χ0v) is 11.7. The summed E-state index contributed by atoms with van der Waals surface area (Å²) in [6.07, 6.45) is 0. The highest BCUT2D eigenvalue weighted by Gasteiger charge is 2.16. The van der Waals surface area contributed by atoms with Gasteiger partial charge >= 0.3 is 5.97 Å². The number of esters is 1. The molecule has 19 heavy (non-hydrogen) atoms. The smallest absolute Gasteiger partial charge is 0.344 e. The standard InChI is InChI=1S/C12H16O6S/c1-12(2,3)18-11(13)8-17-9-4-6-10(7-5-9)19(14,15)16/h4-7H,8H2,1-3H3,(H,14,15,16). The first-order valence-electron chi connectivity index (χ1n) is 5.50. The molecule has 0 heterocycles. The molecule has 1 rings (SSSR count). The van der Waals surface area contributed by atoms with Crippen LogP contribution in [0.3, 0.4) is 0 Å². The number of ether oxygens (including phenoxy) is 2. The lowest BCUT2D eigenvalue weighted by Gasteiger charge is -2.19. The quantitative estimate of drug-likeness (QED) is 0.669. The van der Waals surface area contributed by atoms with Crippen molar-refractivity contribution < 1.29 is 27.2 Å². The van der Waals surface area contributed by atoms with E-state index in [2.05, 4.69) is 0 Å². The Morgan fingerprint density at radius 2 is 1.74 bits per heavy atom. The van der Waals surface area contributed by atoms with Crippen molar-refractivity contribution in [3.63, 3.8) is 0 Å². The average Bonchev–Trinajstić information content (AvgIpc) is 2.23. The predicted molar refractivity (Wildman–Crippen MR) is 67.6 cm³/mol. The highest BCUT2D eigenvalue weighted by Crippen LogP contribution is 2.16. The third-order valence-electron chi connectivity index (χ3n) is 1.90.